The van der Waals surface area contributed by atoms with Gasteiger partial charge in [0.05, 0.1) is 22.4 Å². The summed E-state index contributed by atoms with van der Waals surface area (Å²) >= 11 is 5.85. The Morgan fingerprint density at radius 1 is 1.29 bits per heavy atom. The number of nitrogens with one attached hydrogen (secondary N) is 2. The second-order valence-electron chi connectivity index (χ2n) is 5.77. The summed E-state index contributed by atoms with van der Waals surface area (Å²) in [6.07, 6.45) is 1.22. The highest BCUT2D eigenvalue weighted by atomic mass is 35.5. The van der Waals surface area contributed by atoms with Gasteiger partial charge in [0, 0.05) is 28.4 Å². The summed E-state index contributed by atoms with van der Waals surface area (Å²) in [4.78, 5) is 34.8. The first-order chi connectivity index (χ1) is 13.4. The Bertz CT molecular complexity index is 1130. The predicted octanol–water partition coefficient (Wildman–Crippen LogP) is 2.80. The van der Waals surface area contributed by atoms with Crippen LogP contribution in [0.4, 0.5) is 5.69 Å². The fourth-order valence-corrected chi connectivity index (χ4v) is 2.59. The number of halogens is 1. The molecule has 2 aromatic carbocycles. The van der Waals surface area contributed by atoms with Crippen LogP contribution in [0.25, 0.3) is 5.69 Å². The van der Waals surface area contributed by atoms with Gasteiger partial charge in [0.15, 0.2) is 0 Å². The van der Waals surface area contributed by atoms with E-state index < -0.39 is 10.8 Å². The molecule has 0 saturated carbocycles. The zero-order valence-electron chi connectivity index (χ0n) is 14.5. The number of aromatic amines is 1. The van der Waals surface area contributed by atoms with Crippen molar-refractivity contribution in [1.29, 1.82) is 0 Å². The van der Waals surface area contributed by atoms with Gasteiger partial charge in [-0.3, -0.25) is 24.8 Å². The average Bonchev–Trinajstić information content (AvgIpc) is 2.96. The first-order valence-electron chi connectivity index (χ1n) is 8.02. The van der Waals surface area contributed by atoms with Crippen LogP contribution >= 0.6 is 11.6 Å². The summed E-state index contributed by atoms with van der Waals surface area (Å²) in [5.41, 5.74) is 3.18. The summed E-state index contributed by atoms with van der Waals surface area (Å²) in [5.74, 6) is -0.633. The lowest BCUT2D eigenvalue weighted by molar-refractivity contribution is -0.384. The third-order valence-electron chi connectivity index (χ3n) is 3.88. The van der Waals surface area contributed by atoms with Crippen molar-refractivity contribution in [2.45, 2.75) is 6.92 Å². The quantitative estimate of drug-likeness (QED) is 0.389. The molecule has 9 nitrogen and oxygen atoms in total. The van der Waals surface area contributed by atoms with Gasteiger partial charge in [0.1, 0.15) is 0 Å². The van der Waals surface area contributed by atoms with Crippen molar-refractivity contribution in [1.82, 2.24) is 15.2 Å². The van der Waals surface area contributed by atoms with Crippen LogP contribution in [-0.4, -0.2) is 26.8 Å². The van der Waals surface area contributed by atoms with E-state index in [1.54, 1.807) is 31.2 Å². The summed E-state index contributed by atoms with van der Waals surface area (Å²) in [6.45, 7) is 1.69. The van der Waals surface area contributed by atoms with Gasteiger partial charge in [-0.2, -0.15) is 5.10 Å². The van der Waals surface area contributed by atoms with Crippen molar-refractivity contribution < 1.29 is 9.72 Å². The van der Waals surface area contributed by atoms with Gasteiger partial charge >= 0.3 is 0 Å². The molecule has 28 heavy (non-hydrogen) atoms. The molecule has 0 aliphatic rings. The van der Waals surface area contributed by atoms with Crippen molar-refractivity contribution in [2.24, 2.45) is 5.10 Å². The number of hydrogen-bond donors (Lipinski definition) is 2. The lowest BCUT2D eigenvalue weighted by Gasteiger charge is -2.00. The molecule has 1 aromatic heterocycles. The van der Waals surface area contributed by atoms with Crippen LogP contribution in [0.5, 0.6) is 0 Å². The maximum atomic E-state index is 12.6. The number of nitro groups is 1. The number of hydrazone groups is 1. The van der Waals surface area contributed by atoms with Crippen molar-refractivity contribution >= 4 is 29.4 Å². The maximum Gasteiger partial charge on any atom is 0.280 e. The molecule has 3 rings (SSSR count). The highest BCUT2D eigenvalue weighted by Gasteiger charge is 2.12. The molecule has 1 heterocycles. The van der Waals surface area contributed by atoms with E-state index in [4.69, 9.17) is 11.6 Å². The van der Waals surface area contributed by atoms with E-state index in [1.165, 1.54) is 29.1 Å². The Kier molecular flexibility index (Phi) is 5.37. The molecule has 2 N–H and O–H groups in total. The number of hydrogen-bond acceptors (Lipinski definition) is 5. The summed E-state index contributed by atoms with van der Waals surface area (Å²) < 4.78 is 1.33. The number of aromatic nitrogens is 2. The lowest BCUT2D eigenvalue weighted by Crippen LogP contribution is -2.20. The number of rotatable bonds is 5. The average molecular weight is 400 g/mol. The van der Waals surface area contributed by atoms with Gasteiger partial charge in [-0.15, -0.1) is 0 Å². The molecule has 1 amide bonds. The van der Waals surface area contributed by atoms with E-state index >= 15 is 0 Å². The Balaban J connectivity index is 1.79. The van der Waals surface area contributed by atoms with Crippen LogP contribution < -0.4 is 11.0 Å². The van der Waals surface area contributed by atoms with Crippen LogP contribution in [0, 0.1) is 17.0 Å². The van der Waals surface area contributed by atoms with Crippen LogP contribution in [-0.2, 0) is 0 Å². The molecule has 0 saturated heterocycles. The van der Waals surface area contributed by atoms with E-state index in [-0.39, 0.29) is 22.4 Å². The molecule has 0 atom stereocenters. The first kappa shape index (κ1) is 19.1. The monoisotopic (exact) mass is 399 g/mol. The number of carbonyl (C=O) groups is 1. The zero-order valence-corrected chi connectivity index (χ0v) is 15.3. The third kappa shape index (κ3) is 3.99. The van der Waals surface area contributed by atoms with Gasteiger partial charge in [-0.05, 0) is 37.3 Å². The number of nitro benzene ring substituents is 1. The van der Waals surface area contributed by atoms with E-state index in [2.05, 4.69) is 15.6 Å². The topological polar surface area (TPSA) is 122 Å². The van der Waals surface area contributed by atoms with E-state index in [1.807, 2.05) is 0 Å². The summed E-state index contributed by atoms with van der Waals surface area (Å²) in [7, 11) is 0. The predicted molar refractivity (Wildman–Crippen MR) is 104 cm³/mol. The highest BCUT2D eigenvalue weighted by Crippen LogP contribution is 2.13. The number of H-pyrrole nitrogens is 1. The standard InChI is InChI=1S/C18H14ClN5O4/c1-11-16(18(26)23(22-11)14-7-5-13(19)6-8-14)10-20-21-17(25)12-3-2-4-15(9-12)24(27)28/h2-10,22H,1H3,(H,21,25)/b20-10+. The Labute approximate surface area is 163 Å². The number of aryl methyl sites for hydroxylation is 1. The lowest BCUT2D eigenvalue weighted by atomic mass is 10.2. The largest absolute Gasteiger partial charge is 0.295 e. The second-order valence-corrected chi connectivity index (χ2v) is 6.21. The molecule has 142 valence electrons. The fraction of sp³-hybridized carbons (Fsp3) is 0.0556. The molecule has 0 aliphatic carbocycles. The van der Waals surface area contributed by atoms with Crippen molar-refractivity contribution in [2.75, 3.05) is 0 Å². The second kappa shape index (κ2) is 7.89. The number of nitrogens with zero attached hydrogens (tertiary/aromatic N) is 3. The smallest absolute Gasteiger partial charge is 0.280 e. The maximum absolute atomic E-state index is 12.6. The molecule has 0 spiro atoms. The number of non-ortho nitro benzene ring substituents is 1. The van der Waals surface area contributed by atoms with Crippen LogP contribution in [0.1, 0.15) is 21.6 Å². The molecule has 0 unspecified atom stereocenters. The molecule has 10 heteroatoms. The van der Waals surface area contributed by atoms with E-state index in [0.29, 0.717) is 16.4 Å². The molecule has 0 radical (unpaired) electrons. The van der Waals surface area contributed by atoms with Crippen LogP contribution in [0.3, 0.4) is 0 Å². The van der Waals surface area contributed by atoms with Gasteiger partial charge in [0.2, 0.25) is 0 Å². The highest BCUT2D eigenvalue weighted by molar-refractivity contribution is 6.30. The zero-order chi connectivity index (χ0) is 20.3. The Morgan fingerprint density at radius 2 is 2.00 bits per heavy atom. The number of carbonyl (C=O) groups excluding carboxylic acids is 1. The SMILES string of the molecule is Cc1[nH]n(-c2ccc(Cl)cc2)c(=O)c1/C=N/NC(=O)c1cccc([N+](=O)[O-])c1. The van der Waals surface area contributed by atoms with E-state index in [9.17, 15) is 19.7 Å². The minimum absolute atomic E-state index is 0.0794. The number of amides is 1. The van der Waals surface area contributed by atoms with Gasteiger partial charge in [0.25, 0.3) is 17.2 Å². The molecular weight excluding hydrogens is 386 g/mol. The Hall–Kier alpha value is -3.72. The first-order valence-corrected chi connectivity index (χ1v) is 8.40. The molecule has 0 fully saturated rings. The van der Waals surface area contributed by atoms with Crippen molar-refractivity contribution in [3.63, 3.8) is 0 Å². The van der Waals surface area contributed by atoms with Crippen molar-refractivity contribution in [3.05, 3.63) is 90.8 Å². The van der Waals surface area contributed by atoms with Crippen LogP contribution in [0.2, 0.25) is 5.02 Å². The fourth-order valence-electron chi connectivity index (χ4n) is 2.46. The Morgan fingerprint density at radius 3 is 2.68 bits per heavy atom. The molecule has 3 aromatic rings. The summed E-state index contributed by atoms with van der Waals surface area (Å²) in [6, 6.07) is 11.9. The number of benzene rings is 2. The van der Waals surface area contributed by atoms with E-state index in [0.717, 1.165) is 6.07 Å². The minimum atomic E-state index is -0.633. The van der Waals surface area contributed by atoms with Gasteiger partial charge in [-0.25, -0.2) is 10.1 Å². The molecule has 0 bridgehead atoms. The molecular formula is C18H14ClN5O4. The normalized spacial score (nSPS) is 10.9. The third-order valence-corrected chi connectivity index (χ3v) is 4.13. The minimum Gasteiger partial charge on any atom is -0.295 e. The van der Waals surface area contributed by atoms with Crippen LogP contribution in [0.15, 0.2) is 58.4 Å². The van der Waals surface area contributed by atoms with Gasteiger partial charge < -0.3 is 0 Å². The molecule has 0 aliphatic heterocycles. The summed E-state index contributed by atoms with van der Waals surface area (Å²) in [5, 5.41) is 18.0. The van der Waals surface area contributed by atoms with Crippen molar-refractivity contribution in [3.8, 4) is 5.69 Å². The van der Waals surface area contributed by atoms with Gasteiger partial charge in [-0.1, -0.05) is 17.7 Å².